The Morgan fingerprint density at radius 2 is 1.87 bits per heavy atom. The van der Waals surface area contributed by atoms with Crippen LogP contribution in [0.2, 0.25) is 10.0 Å². The van der Waals surface area contributed by atoms with Crippen molar-refractivity contribution < 1.29 is 9.53 Å². The Morgan fingerprint density at radius 3 is 2.48 bits per heavy atom. The predicted octanol–water partition coefficient (Wildman–Crippen LogP) is 5.18. The second-order valence-electron chi connectivity index (χ2n) is 4.78. The molecule has 0 aliphatic rings. The molecule has 0 amide bonds. The van der Waals surface area contributed by atoms with Crippen molar-refractivity contribution in [3.63, 3.8) is 0 Å². The number of benzene rings is 2. The molecule has 1 atom stereocenters. The maximum Gasteiger partial charge on any atom is 0.185 e. The summed E-state index contributed by atoms with van der Waals surface area (Å²) in [5.74, 6) is 0.439. The molecule has 0 spiro atoms. The number of allylic oxidation sites excluding steroid dienone is 1. The number of carbonyl (C=O) groups excluding carboxylic acids is 1. The van der Waals surface area contributed by atoms with Gasteiger partial charge < -0.3 is 4.74 Å². The molecule has 0 aromatic heterocycles. The van der Waals surface area contributed by atoms with E-state index in [0.717, 1.165) is 5.56 Å². The van der Waals surface area contributed by atoms with Crippen molar-refractivity contribution in [3.05, 3.63) is 69.7 Å². The van der Waals surface area contributed by atoms with Gasteiger partial charge in [-0.15, -0.1) is 0 Å². The number of carbonyl (C=O) groups is 1. The first-order valence-electron chi connectivity index (χ1n) is 6.83. The summed E-state index contributed by atoms with van der Waals surface area (Å²) in [7, 11) is 0. The van der Waals surface area contributed by atoms with Crippen molar-refractivity contribution in [2.45, 2.75) is 13.0 Å². The van der Waals surface area contributed by atoms with Crippen LogP contribution in [0.5, 0.6) is 5.75 Å². The Labute approximate surface area is 144 Å². The van der Waals surface area contributed by atoms with Gasteiger partial charge >= 0.3 is 0 Å². The van der Waals surface area contributed by atoms with E-state index in [-0.39, 0.29) is 5.78 Å². The van der Waals surface area contributed by atoms with Gasteiger partial charge in [0.05, 0.1) is 10.0 Å². The van der Waals surface area contributed by atoms with Gasteiger partial charge in [0, 0.05) is 5.56 Å². The Hall–Kier alpha value is -2.28. The molecule has 3 nitrogen and oxygen atoms in total. The van der Waals surface area contributed by atoms with E-state index >= 15 is 0 Å². The third-order valence-corrected chi connectivity index (χ3v) is 3.75. The number of ketones is 1. The molecular formula is C18H13Cl2NO2. The summed E-state index contributed by atoms with van der Waals surface area (Å²) in [6, 6.07) is 13.9. The molecule has 0 saturated carbocycles. The van der Waals surface area contributed by atoms with Crippen molar-refractivity contribution >= 4 is 35.1 Å². The fourth-order valence-electron chi connectivity index (χ4n) is 1.81. The largest absolute Gasteiger partial charge is 0.476 e. The second-order valence-corrected chi connectivity index (χ2v) is 5.60. The van der Waals surface area contributed by atoms with Gasteiger partial charge in [0.1, 0.15) is 11.8 Å². The minimum atomic E-state index is -0.507. The van der Waals surface area contributed by atoms with Gasteiger partial charge in [0.25, 0.3) is 0 Å². The number of rotatable bonds is 5. The third-order valence-electron chi connectivity index (χ3n) is 3.01. The lowest BCUT2D eigenvalue weighted by atomic mass is 10.1. The van der Waals surface area contributed by atoms with Crippen LogP contribution in [0.1, 0.15) is 22.8 Å². The van der Waals surface area contributed by atoms with Crippen LogP contribution >= 0.6 is 23.2 Å². The van der Waals surface area contributed by atoms with E-state index in [1.165, 1.54) is 12.1 Å². The van der Waals surface area contributed by atoms with Gasteiger partial charge in [0.2, 0.25) is 0 Å². The molecule has 0 N–H and O–H groups in total. The molecule has 0 fully saturated rings. The minimum Gasteiger partial charge on any atom is -0.476 e. The van der Waals surface area contributed by atoms with E-state index in [0.29, 0.717) is 21.4 Å². The Kier molecular flexibility index (Phi) is 5.81. The molecule has 5 heteroatoms. The van der Waals surface area contributed by atoms with Gasteiger partial charge in [0.15, 0.2) is 11.9 Å². The molecule has 1 unspecified atom stereocenters. The van der Waals surface area contributed by atoms with Crippen LogP contribution in [0, 0.1) is 11.3 Å². The van der Waals surface area contributed by atoms with Crippen molar-refractivity contribution in [2.75, 3.05) is 0 Å². The van der Waals surface area contributed by atoms with E-state index in [4.69, 9.17) is 33.2 Å². The van der Waals surface area contributed by atoms with Crippen LogP contribution in [-0.2, 0) is 0 Å². The highest BCUT2D eigenvalue weighted by molar-refractivity contribution is 6.42. The Bertz CT molecular complexity index is 777. The number of halogens is 2. The number of hydrogen-bond acceptors (Lipinski definition) is 3. The summed E-state index contributed by atoms with van der Waals surface area (Å²) in [6.45, 7) is 1.67. The molecule has 0 radical (unpaired) electrons. The van der Waals surface area contributed by atoms with Gasteiger partial charge in [-0.3, -0.25) is 4.79 Å². The van der Waals surface area contributed by atoms with Gasteiger partial charge in [-0.05, 0) is 48.9 Å². The van der Waals surface area contributed by atoms with Crippen LogP contribution in [0.3, 0.4) is 0 Å². The molecule has 0 aliphatic carbocycles. The van der Waals surface area contributed by atoms with Crippen LogP contribution in [0.25, 0.3) is 6.08 Å². The second kappa shape index (κ2) is 7.82. The summed E-state index contributed by atoms with van der Waals surface area (Å²) in [4.78, 5) is 12.1. The van der Waals surface area contributed by atoms with E-state index in [9.17, 15) is 4.79 Å². The fourth-order valence-corrected chi connectivity index (χ4v) is 2.10. The van der Waals surface area contributed by atoms with E-state index in [1.54, 1.807) is 49.4 Å². The molecule has 116 valence electrons. The van der Waals surface area contributed by atoms with Crippen molar-refractivity contribution in [1.29, 1.82) is 5.26 Å². The highest BCUT2D eigenvalue weighted by atomic mass is 35.5. The fraction of sp³-hybridized carbons (Fsp3) is 0.111. The van der Waals surface area contributed by atoms with E-state index in [1.807, 2.05) is 6.07 Å². The topological polar surface area (TPSA) is 50.1 Å². The van der Waals surface area contributed by atoms with Gasteiger partial charge in [-0.1, -0.05) is 41.4 Å². The standard InChI is InChI=1S/C18H13Cl2NO2/c1-12(11-21)23-15-6-2-13(3-7-15)4-9-18(22)14-5-8-16(19)17(20)10-14/h2-10,12H,1H3/b9-4+. The molecule has 0 bridgehead atoms. The summed E-state index contributed by atoms with van der Waals surface area (Å²) >= 11 is 11.7. The zero-order valence-electron chi connectivity index (χ0n) is 12.3. The first-order chi connectivity index (χ1) is 11.0. The molecule has 0 saturated heterocycles. The molecule has 2 aromatic carbocycles. The monoisotopic (exact) mass is 345 g/mol. The van der Waals surface area contributed by atoms with E-state index in [2.05, 4.69) is 0 Å². The third kappa shape index (κ3) is 4.85. The average molecular weight is 346 g/mol. The van der Waals surface area contributed by atoms with E-state index < -0.39 is 6.10 Å². The van der Waals surface area contributed by atoms with Crippen LogP contribution in [-0.4, -0.2) is 11.9 Å². The minimum absolute atomic E-state index is 0.165. The molecule has 0 aliphatic heterocycles. The summed E-state index contributed by atoms with van der Waals surface area (Å²) in [5.41, 5.74) is 1.31. The number of hydrogen-bond donors (Lipinski definition) is 0. The molecular weight excluding hydrogens is 333 g/mol. The summed E-state index contributed by atoms with van der Waals surface area (Å²) in [5, 5.41) is 9.46. The SMILES string of the molecule is CC(C#N)Oc1ccc(/C=C/C(=O)c2ccc(Cl)c(Cl)c2)cc1. The van der Waals surface area contributed by atoms with Crippen LogP contribution in [0.15, 0.2) is 48.5 Å². The maximum absolute atomic E-state index is 12.1. The highest BCUT2D eigenvalue weighted by Gasteiger charge is 2.05. The van der Waals surface area contributed by atoms with Crippen molar-refractivity contribution in [1.82, 2.24) is 0 Å². The zero-order valence-corrected chi connectivity index (χ0v) is 13.8. The maximum atomic E-state index is 12.1. The van der Waals surface area contributed by atoms with Crippen LogP contribution < -0.4 is 4.74 Å². The lowest BCUT2D eigenvalue weighted by molar-refractivity contribution is 0.104. The first kappa shape index (κ1) is 17.1. The van der Waals surface area contributed by atoms with Gasteiger partial charge in [-0.2, -0.15) is 5.26 Å². The number of ether oxygens (including phenoxy) is 1. The van der Waals surface area contributed by atoms with Crippen LogP contribution in [0.4, 0.5) is 0 Å². The molecule has 2 aromatic rings. The van der Waals surface area contributed by atoms with Crippen molar-refractivity contribution in [2.24, 2.45) is 0 Å². The van der Waals surface area contributed by atoms with Gasteiger partial charge in [-0.25, -0.2) is 0 Å². The lowest BCUT2D eigenvalue weighted by Gasteiger charge is -2.07. The number of nitrogens with zero attached hydrogens (tertiary/aromatic N) is 1. The molecule has 23 heavy (non-hydrogen) atoms. The predicted molar refractivity (Wildman–Crippen MR) is 92.0 cm³/mol. The first-order valence-corrected chi connectivity index (χ1v) is 7.59. The molecule has 0 heterocycles. The lowest BCUT2D eigenvalue weighted by Crippen LogP contribution is -2.07. The summed E-state index contributed by atoms with van der Waals surface area (Å²) in [6.07, 6.45) is 2.66. The Morgan fingerprint density at radius 1 is 1.17 bits per heavy atom. The Balaban J connectivity index is 2.06. The quantitative estimate of drug-likeness (QED) is 0.554. The normalized spacial score (nSPS) is 11.9. The smallest absolute Gasteiger partial charge is 0.185 e. The average Bonchev–Trinajstić information content (AvgIpc) is 2.56. The van der Waals surface area contributed by atoms with Crippen molar-refractivity contribution in [3.8, 4) is 11.8 Å². The zero-order chi connectivity index (χ0) is 16.8. The summed E-state index contributed by atoms with van der Waals surface area (Å²) < 4.78 is 5.36. The highest BCUT2D eigenvalue weighted by Crippen LogP contribution is 2.23. The number of nitriles is 1. The molecule has 2 rings (SSSR count).